The Morgan fingerprint density at radius 2 is 1.34 bits per heavy atom. The van der Waals surface area contributed by atoms with E-state index < -0.39 is 0 Å². The molecule has 4 rings (SSSR count). The Labute approximate surface area is 173 Å². The molecule has 150 valence electrons. The molecule has 0 radical (unpaired) electrons. The van der Waals surface area contributed by atoms with Crippen LogP contribution in [0.1, 0.15) is 62.0 Å². The van der Waals surface area contributed by atoms with Crippen LogP contribution in [0, 0.1) is 0 Å². The molecule has 0 amide bonds. The number of hydrogen-bond donors (Lipinski definition) is 1. The maximum absolute atomic E-state index is 11.6. The Kier molecular flexibility index (Phi) is 4.65. The van der Waals surface area contributed by atoms with Crippen molar-refractivity contribution in [1.82, 2.24) is 4.98 Å². The minimum Gasteiger partial charge on any atom is -0.465 e. The van der Waals surface area contributed by atoms with Crippen molar-refractivity contribution in [1.29, 1.82) is 0 Å². The van der Waals surface area contributed by atoms with Gasteiger partial charge in [-0.2, -0.15) is 0 Å². The van der Waals surface area contributed by atoms with Crippen molar-refractivity contribution in [2.75, 3.05) is 7.11 Å². The quantitative estimate of drug-likeness (QED) is 0.522. The molecule has 3 heteroatoms. The Hall–Kier alpha value is -2.81. The summed E-state index contributed by atoms with van der Waals surface area (Å²) in [5.74, 6) is -0.316. The first-order chi connectivity index (χ1) is 13.7. The number of hydrogen-bond acceptors (Lipinski definition) is 2. The topological polar surface area (TPSA) is 42.1 Å². The van der Waals surface area contributed by atoms with Gasteiger partial charge in [-0.1, -0.05) is 52.0 Å². The van der Waals surface area contributed by atoms with Crippen molar-refractivity contribution in [3.05, 3.63) is 71.3 Å². The molecule has 0 saturated heterocycles. The molecule has 0 spiro atoms. The molecule has 1 aliphatic rings. The summed E-state index contributed by atoms with van der Waals surface area (Å²) in [6.07, 6.45) is 2.43. The van der Waals surface area contributed by atoms with E-state index in [9.17, 15) is 4.79 Å². The van der Waals surface area contributed by atoms with Gasteiger partial charge in [0.1, 0.15) is 0 Å². The third-order valence-electron chi connectivity index (χ3n) is 6.47. The van der Waals surface area contributed by atoms with E-state index in [0.717, 1.165) is 17.0 Å². The number of rotatable bonds is 3. The molecule has 0 unspecified atom stereocenters. The van der Waals surface area contributed by atoms with Gasteiger partial charge in [-0.3, -0.25) is 0 Å². The fourth-order valence-electron chi connectivity index (χ4n) is 4.39. The number of ether oxygens (including phenoxy) is 1. The molecule has 3 nitrogen and oxygen atoms in total. The predicted molar refractivity (Wildman–Crippen MR) is 118 cm³/mol. The second kappa shape index (κ2) is 6.91. The van der Waals surface area contributed by atoms with Crippen LogP contribution in [0.5, 0.6) is 0 Å². The predicted octanol–water partition coefficient (Wildman–Crippen LogP) is 6.48. The number of aromatic nitrogens is 1. The lowest BCUT2D eigenvalue weighted by Gasteiger charge is -2.42. The molecule has 0 aliphatic heterocycles. The monoisotopic (exact) mass is 387 g/mol. The van der Waals surface area contributed by atoms with Gasteiger partial charge in [0, 0.05) is 11.4 Å². The highest BCUT2D eigenvalue weighted by Gasteiger charge is 2.37. The van der Waals surface area contributed by atoms with E-state index in [1.165, 1.54) is 36.6 Å². The van der Waals surface area contributed by atoms with E-state index in [4.69, 9.17) is 4.74 Å². The molecular formula is C26H29NO2. The summed E-state index contributed by atoms with van der Waals surface area (Å²) < 4.78 is 4.77. The maximum atomic E-state index is 11.6. The zero-order valence-corrected chi connectivity index (χ0v) is 17.9. The summed E-state index contributed by atoms with van der Waals surface area (Å²) in [7, 11) is 1.40. The molecule has 1 heterocycles. The number of H-pyrrole nitrogens is 1. The first kappa shape index (κ1) is 19.5. The van der Waals surface area contributed by atoms with Crippen molar-refractivity contribution in [2.45, 2.75) is 51.4 Å². The second-order valence-electron chi connectivity index (χ2n) is 9.38. The van der Waals surface area contributed by atoms with Gasteiger partial charge in [-0.25, -0.2) is 4.79 Å². The number of fused-ring (bicyclic) bond motifs is 1. The van der Waals surface area contributed by atoms with E-state index in [2.05, 4.69) is 63.0 Å². The molecule has 1 N–H and O–H groups in total. The molecule has 0 saturated carbocycles. The van der Waals surface area contributed by atoms with Gasteiger partial charge < -0.3 is 9.72 Å². The van der Waals surface area contributed by atoms with Gasteiger partial charge in [-0.15, -0.1) is 0 Å². The number of nitrogens with one attached hydrogen (secondary N) is 1. The second-order valence-corrected chi connectivity index (χ2v) is 9.38. The van der Waals surface area contributed by atoms with Crippen LogP contribution in [-0.4, -0.2) is 18.1 Å². The largest absolute Gasteiger partial charge is 0.465 e. The van der Waals surface area contributed by atoms with E-state index in [1.54, 1.807) is 12.1 Å². The highest BCUT2D eigenvalue weighted by molar-refractivity contribution is 5.89. The summed E-state index contributed by atoms with van der Waals surface area (Å²) in [5.41, 5.74) is 8.32. The van der Waals surface area contributed by atoms with Crippen LogP contribution in [-0.2, 0) is 15.6 Å². The number of aromatic amines is 1. The molecule has 0 atom stereocenters. The maximum Gasteiger partial charge on any atom is 0.337 e. The number of methoxy groups -OCH3 is 1. The van der Waals surface area contributed by atoms with Gasteiger partial charge >= 0.3 is 5.97 Å². The SMILES string of the molecule is COC(=O)c1ccc(-c2ccc(-c3ccc4c(c3)C(C)(C)CCC4(C)C)[nH]2)cc1. The van der Waals surface area contributed by atoms with Gasteiger partial charge in [-0.05, 0) is 76.3 Å². The smallest absolute Gasteiger partial charge is 0.337 e. The standard InChI is InChI=1S/C26H29NO2/c1-25(2)14-15-26(3,4)21-16-19(10-11-20(21)25)23-13-12-22(27-23)17-6-8-18(9-7-17)24(28)29-5/h6-13,16,27H,14-15H2,1-5H3. The zero-order chi connectivity index (χ0) is 20.8. The molecule has 2 aromatic carbocycles. The molecular weight excluding hydrogens is 358 g/mol. The highest BCUT2D eigenvalue weighted by atomic mass is 16.5. The first-order valence-corrected chi connectivity index (χ1v) is 10.2. The minimum absolute atomic E-state index is 0.194. The van der Waals surface area contributed by atoms with Crippen LogP contribution < -0.4 is 0 Å². The summed E-state index contributed by atoms with van der Waals surface area (Å²) in [5, 5.41) is 0. The average molecular weight is 388 g/mol. The lowest BCUT2D eigenvalue weighted by Crippen LogP contribution is -2.33. The first-order valence-electron chi connectivity index (χ1n) is 10.2. The highest BCUT2D eigenvalue weighted by Crippen LogP contribution is 2.46. The lowest BCUT2D eigenvalue weighted by atomic mass is 9.63. The molecule has 1 aliphatic carbocycles. The zero-order valence-electron chi connectivity index (χ0n) is 17.9. The molecule has 0 bridgehead atoms. The van der Waals surface area contributed by atoms with Crippen molar-refractivity contribution < 1.29 is 9.53 Å². The fraction of sp³-hybridized carbons (Fsp3) is 0.346. The number of carbonyl (C=O) groups is 1. The van der Waals surface area contributed by atoms with Gasteiger partial charge in [0.25, 0.3) is 0 Å². The molecule has 29 heavy (non-hydrogen) atoms. The van der Waals surface area contributed by atoms with Crippen molar-refractivity contribution in [3.63, 3.8) is 0 Å². The normalized spacial score (nSPS) is 16.9. The van der Waals surface area contributed by atoms with Crippen LogP contribution in [0.15, 0.2) is 54.6 Å². The van der Waals surface area contributed by atoms with Crippen LogP contribution in [0.25, 0.3) is 22.5 Å². The Morgan fingerprint density at radius 3 is 1.97 bits per heavy atom. The van der Waals surface area contributed by atoms with Gasteiger partial charge in [0.2, 0.25) is 0 Å². The van der Waals surface area contributed by atoms with E-state index in [0.29, 0.717) is 5.56 Å². The minimum atomic E-state index is -0.316. The van der Waals surface area contributed by atoms with Gasteiger partial charge in [0.05, 0.1) is 12.7 Å². The van der Waals surface area contributed by atoms with E-state index in [1.807, 2.05) is 12.1 Å². The summed E-state index contributed by atoms with van der Waals surface area (Å²) >= 11 is 0. The van der Waals surface area contributed by atoms with Crippen molar-refractivity contribution in [3.8, 4) is 22.5 Å². The van der Waals surface area contributed by atoms with Gasteiger partial charge in [0.15, 0.2) is 0 Å². The summed E-state index contributed by atoms with van der Waals surface area (Å²) in [6, 6.07) is 18.6. The van der Waals surface area contributed by atoms with Crippen molar-refractivity contribution >= 4 is 5.97 Å². The van der Waals surface area contributed by atoms with Crippen LogP contribution in [0.2, 0.25) is 0 Å². The molecule has 3 aromatic rings. The van der Waals surface area contributed by atoms with Crippen molar-refractivity contribution in [2.24, 2.45) is 0 Å². The Morgan fingerprint density at radius 1 is 0.793 bits per heavy atom. The molecule has 1 aromatic heterocycles. The Bertz CT molecular complexity index is 1050. The van der Waals surface area contributed by atoms with Crippen LogP contribution in [0.4, 0.5) is 0 Å². The van der Waals surface area contributed by atoms with E-state index >= 15 is 0 Å². The van der Waals surface area contributed by atoms with Crippen LogP contribution >= 0.6 is 0 Å². The summed E-state index contributed by atoms with van der Waals surface area (Å²) in [6.45, 7) is 9.42. The third-order valence-corrected chi connectivity index (χ3v) is 6.47. The average Bonchev–Trinajstić information content (AvgIpc) is 3.21. The van der Waals surface area contributed by atoms with Crippen LogP contribution in [0.3, 0.4) is 0 Å². The Balaban J connectivity index is 1.68. The fourth-order valence-corrected chi connectivity index (χ4v) is 4.39. The summed E-state index contributed by atoms with van der Waals surface area (Å²) in [4.78, 5) is 15.2. The molecule has 0 fully saturated rings. The number of esters is 1. The third kappa shape index (κ3) is 3.50. The lowest BCUT2D eigenvalue weighted by molar-refractivity contribution is 0.0601. The van der Waals surface area contributed by atoms with E-state index in [-0.39, 0.29) is 16.8 Å². The number of benzene rings is 2. The number of carbonyl (C=O) groups excluding carboxylic acids is 1.